The number of nitriles is 1. The molecule has 0 bridgehead atoms. The maximum atomic E-state index is 12.5. The lowest BCUT2D eigenvalue weighted by Gasteiger charge is -2.23. The van der Waals surface area contributed by atoms with Crippen LogP contribution in [0.3, 0.4) is 0 Å². The lowest BCUT2D eigenvalue weighted by Crippen LogP contribution is -2.42. The van der Waals surface area contributed by atoms with Crippen molar-refractivity contribution in [2.75, 3.05) is 26.2 Å². The normalized spacial score (nSPS) is 23.3. The molecule has 2 saturated heterocycles. The third-order valence-corrected chi connectivity index (χ3v) is 5.19. The van der Waals surface area contributed by atoms with Gasteiger partial charge in [0.1, 0.15) is 17.9 Å². The van der Waals surface area contributed by atoms with E-state index < -0.39 is 0 Å². The summed E-state index contributed by atoms with van der Waals surface area (Å²) in [5.41, 5.74) is 0.955. The van der Waals surface area contributed by atoms with Crippen molar-refractivity contribution >= 4 is 16.8 Å². The number of amides is 1. The van der Waals surface area contributed by atoms with E-state index in [9.17, 15) is 4.79 Å². The lowest BCUT2D eigenvalue weighted by atomic mass is 10.2. The fourth-order valence-electron chi connectivity index (χ4n) is 3.84. The molecule has 2 unspecified atom stereocenters. The van der Waals surface area contributed by atoms with Crippen LogP contribution in [0.2, 0.25) is 0 Å². The summed E-state index contributed by atoms with van der Waals surface area (Å²) in [6, 6.07) is 11.9. The molecule has 2 aliphatic heterocycles. The predicted octanol–water partition coefficient (Wildman–Crippen LogP) is 2.20. The molecule has 0 aliphatic carbocycles. The number of pyridine rings is 1. The van der Waals surface area contributed by atoms with Gasteiger partial charge in [-0.1, -0.05) is 6.07 Å². The van der Waals surface area contributed by atoms with E-state index in [1.165, 1.54) is 0 Å². The van der Waals surface area contributed by atoms with Crippen LogP contribution in [0.1, 0.15) is 19.3 Å². The van der Waals surface area contributed by atoms with Gasteiger partial charge in [-0.25, -0.2) is 0 Å². The summed E-state index contributed by atoms with van der Waals surface area (Å²) in [5.74, 6) is 0.902. The van der Waals surface area contributed by atoms with E-state index in [1.807, 2.05) is 30.3 Å². The summed E-state index contributed by atoms with van der Waals surface area (Å²) in [6.45, 7) is 2.66. The first kappa shape index (κ1) is 16.8. The smallest absolute Gasteiger partial charge is 0.237 e. The number of hydrogen-bond donors (Lipinski definition) is 0. The minimum absolute atomic E-state index is 0.0616. The van der Waals surface area contributed by atoms with Crippen molar-refractivity contribution < 1.29 is 9.53 Å². The Hall–Kier alpha value is -2.65. The molecule has 1 aromatic carbocycles. The number of carbonyl (C=O) groups excluding carboxylic acids is 1. The number of aromatic nitrogens is 1. The molecule has 26 heavy (non-hydrogen) atoms. The van der Waals surface area contributed by atoms with E-state index >= 15 is 0 Å². The molecule has 2 atom stereocenters. The lowest BCUT2D eigenvalue weighted by molar-refractivity contribution is -0.132. The van der Waals surface area contributed by atoms with Crippen LogP contribution in [-0.4, -0.2) is 59.0 Å². The number of ether oxygens (including phenoxy) is 1. The summed E-state index contributed by atoms with van der Waals surface area (Å²) in [6.07, 6.45) is 4.49. The molecule has 2 aliphatic rings. The van der Waals surface area contributed by atoms with E-state index in [-0.39, 0.29) is 18.1 Å². The van der Waals surface area contributed by atoms with Gasteiger partial charge in [0.2, 0.25) is 5.91 Å². The Morgan fingerprint density at radius 3 is 3.12 bits per heavy atom. The molecule has 4 rings (SSSR count). The van der Waals surface area contributed by atoms with E-state index in [4.69, 9.17) is 10.00 Å². The molecule has 2 aromatic rings. The van der Waals surface area contributed by atoms with Crippen molar-refractivity contribution in [1.82, 2.24) is 14.8 Å². The zero-order chi connectivity index (χ0) is 17.9. The molecule has 134 valence electrons. The topological polar surface area (TPSA) is 69.5 Å². The molecule has 0 N–H and O–H groups in total. The fraction of sp³-hybridized carbons (Fsp3) is 0.450. The van der Waals surface area contributed by atoms with Gasteiger partial charge in [-0.05, 0) is 43.5 Å². The van der Waals surface area contributed by atoms with Gasteiger partial charge in [0.05, 0.1) is 18.1 Å². The minimum Gasteiger partial charge on any atom is -0.489 e. The Kier molecular flexibility index (Phi) is 4.72. The molecule has 1 aromatic heterocycles. The molecule has 2 fully saturated rings. The largest absolute Gasteiger partial charge is 0.489 e. The number of benzene rings is 1. The summed E-state index contributed by atoms with van der Waals surface area (Å²) >= 11 is 0. The molecule has 6 heteroatoms. The van der Waals surface area contributed by atoms with E-state index in [1.54, 1.807) is 11.1 Å². The maximum absolute atomic E-state index is 12.5. The fourth-order valence-corrected chi connectivity index (χ4v) is 3.84. The quantitative estimate of drug-likeness (QED) is 0.845. The predicted molar refractivity (Wildman–Crippen MR) is 97.6 cm³/mol. The molecule has 0 spiro atoms. The first-order valence-corrected chi connectivity index (χ1v) is 9.16. The highest BCUT2D eigenvalue weighted by atomic mass is 16.5. The van der Waals surface area contributed by atoms with Gasteiger partial charge in [0.25, 0.3) is 0 Å². The van der Waals surface area contributed by atoms with Crippen LogP contribution < -0.4 is 4.74 Å². The number of hydrogen-bond acceptors (Lipinski definition) is 5. The van der Waals surface area contributed by atoms with Crippen molar-refractivity contribution in [3.8, 4) is 11.8 Å². The number of rotatable bonds is 4. The number of likely N-dealkylation sites (tertiary alicyclic amines) is 2. The Morgan fingerprint density at radius 2 is 2.23 bits per heavy atom. The van der Waals surface area contributed by atoms with Crippen molar-refractivity contribution in [3.63, 3.8) is 0 Å². The second-order valence-electron chi connectivity index (χ2n) is 7.00. The van der Waals surface area contributed by atoms with Crippen LogP contribution in [0.15, 0.2) is 36.5 Å². The van der Waals surface area contributed by atoms with Crippen LogP contribution in [0.5, 0.6) is 5.75 Å². The number of carbonyl (C=O) groups is 1. The summed E-state index contributed by atoms with van der Waals surface area (Å²) in [4.78, 5) is 20.6. The van der Waals surface area contributed by atoms with E-state index in [2.05, 4.69) is 16.0 Å². The first-order chi connectivity index (χ1) is 12.7. The zero-order valence-corrected chi connectivity index (χ0v) is 14.7. The molecule has 0 saturated carbocycles. The van der Waals surface area contributed by atoms with Gasteiger partial charge < -0.3 is 9.64 Å². The van der Waals surface area contributed by atoms with Gasteiger partial charge in [0.15, 0.2) is 0 Å². The van der Waals surface area contributed by atoms with Crippen LogP contribution in [0, 0.1) is 11.3 Å². The Bertz CT molecular complexity index is 847. The van der Waals surface area contributed by atoms with Gasteiger partial charge in [0, 0.05) is 31.2 Å². The average Bonchev–Trinajstić information content (AvgIpc) is 3.30. The highest BCUT2D eigenvalue weighted by molar-refractivity contribution is 5.80. The zero-order valence-electron chi connectivity index (χ0n) is 14.7. The van der Waals surface area contributed by atoms with Crippen LogP contribution in [-0.2, 0) is 4.79 Å². The minimum atomic E-state index is -0.247. The molecular formula is C20H22N4O2. The van der Waals surface area contributed by atoms with Crippen LogP contribution >= 0.6 is 0 Å². The van der Waals surface area contributed by atoms with Crippen molar-refractivity contribution in [3.05, 3.63) is 36.5 Å². The van der Waals surface area contributed by atoms with Crippen molar-refractivity contribution in [1.29, 1.82) is 5.26 Å². The highest BCUT2D eigenvalue weighted by Crippen LogP contribution is 2.23. The van der Waals surface area contributed by atoms with Crippen LogP contribution in [0.4, 0.5) is 0 Å². The third kappa shape index (κ3) is 3.49. The first-order valence-electron chi connectivity index (χ1n) is 9.16. The van der Waals surface area contributed by atoms with Crippen LogP contribution in [0.25, 0.3) is 10.9 Å². The summed E-state index contributed by atoms with van der Waals surface area (Å²) in [7, 11) is 0. The Labute approximate surface area is 153 Å². The second-order valence-corrected chi connectivity index (χ2v) is 7.00. The van der Waals surface area contributed by atoms with E-state index in [0.29, 0.717) is 13.1 Å². The molecule has 6 nitrogen and oxygen atoms in total. The van der Waals surface area contributed by atoms with E-state index in [0.717, 1.165) is 49.0 Å². The van der Waals surface area contributed by atoms with Gasteiger partial charge in [-0.15, -0.1) is 0 Å². The van der Waals surface area contributed by atoms with Crippen molar-refractivity contribution in [2.24, 2.45) is 0 Å². The molecule has 3 heterocycles. The Balaban J connectivity index is 1.33. The average molecular weight is 350 g/mol. The summed E-state index contributed by atoms with van der Waals surface area (Å²) < 4.78 is 6.12. The standard InChI is InChI=1S/C20H22N4O2/c21-12-16-4-2-9-24(16)20(25)14-23-10-7-18(13-23)26-17-5-6-19-15(11-17)3-1-8-22-19/h1,3,5-6,8,11,16,18H,2,4,7,9-10,13-14H2. The summed E-state index contributed by atoms with van der Waals surface area (Å²) in [5, 5.41) is 10.2. The molecule has 0 radical (unpaired) electrons. The molecular weight excluding hydrogens is 328 g/mol. The monoisotopic (exact) mass is 350 g/mol. The van der Waals surface area contributed by atoms with Gasteiger partial charge >= 0.3 is 0 Å². The number of nitrogens with zero attached hydrogens (tertiary/aromatic N) is 4. The number of fused-ring (bicyclic) bond motifs is 1. The SMILES string of the molecule is N#CC1CCCN1C(=O)CN1CCC(Oc2ccc3ncccc3c2)C1. The second kappa shape index (κ2) is 7.30. The van der Waals surface area contributed by atoms with Gasteiger partial charge in [-0.2, -0.15) is 5.26 Å². The highest BCUT2D eigenvalue weighted by Gasteiger charge is 2.32. The van der Waals surface area contributed by atoms with Gasteiger partial charge in [-0.3, -0.25) is 14.7 Å². The Morgan fingerprint density at radius 1 is 1.31 bits per heavy atom. The maximum Gasteiger partial charge on any atom is 0.237 e. The molecule has 1 amide bonds. The van der Waals surface area contributed by atoms with Crippen molar-refractivity contribution in [2.45, 2.75) is 31.4 Å². The third-order valence-electron chi connectivity index (χ3n) is 5.19.